The van der Waals surface area contributed by atoms with E-state index >= 15 is 0 Å². The summed E-state index contributed by atoms with van der Waals surface area (Å²) in [5.74, 6) is 0.130. The third-order valence-electron chi connectivity index (χ3n) is 4.60. The Hall–Kier alpha value is -2.15. The molecule has 1 atom stereocenters. The minimum absolute atomic E-state index is 0.0317. The molecule has 6 nitrogen and oxygen atoms in total. The van der Waals surface area contributed by atoms with Crippen molar-refractivity contribution in [1.82, 2.24) is 15.1 Å². The zero-order valence-electron chi connectivity index (χ0n) is 12.0. The SMILES string of the molecule is O=C(c1ccn[nH]1)N1CCC2(CC(=O)N(c3ccsc3)C2)C1. The van der Waals surface area contributed by atoms with Crippen molar-refractivity contribution in [2.75, 3.05) is 24.5 Å². The van der Waals surface area contributed by atoms with Crippen molar-refractivity contribution in [3.63, 3.8) is 0 Å². The molecule has 2 fully saturated rings. The number of anilines is 1. The lowest BCUT2D eigenvalue weighted by atomic mass is 9.86. The number of likely N-dealkylation sites (tertiary alicyclic amines) is 1. The van der Waals surface area contributed by atoms with E-state index < -0.39 is 0 Å². The van der Waals surface area contributed by atoms with E-state index in [4.69, 9.17) is 0 Å². The average Bonchev–Trinajstić information content (AvgIpc) is 3.26. The van der Waals surface area contributed by atoms with Crippen LogP contribution in [-0.2, 0) is 4.79 Å². The van der Waals surface area contributed by atoms with Gasteiger partial charge in [-0.2, -0.15) is 16.4 Å². The molecule has 1 spiro atoms. The van der Waals surface area contributed by atoms with E-state index in [1.807, 2.05) is 26.6 Å². The number of H-pyrrole nitrogens is 1. The van der Waals surface area contributed by atoms with Crippen molar-refractivity contribution < 1.29 is 9.59 Å². The molecule has 0 bridgehead atoms. The van der Waals surface area contributed by atoms with Crippen LogP contribution in [0.15, 0.2) is 29.1 Å². The van der Waals surface area contributed by atoms with Gasteiger partial charge in [-0.05, 0) is 23.9 Å². The van der Waals surface area contributed by atoms with Crippen molar-refractivity contribution >= 4 is 28.8 Å². The Morgan fingerprint density at radius 2 is 2.27 bits per heavy atom. The molecule has 0 aliphatic carbocycles. The molecular formula is C15H16N4O2S. The van der Waals surface area contributed by atoms with Gasteiger partial charge in [0.2, 0.25) is 5.91 Å². The molecule has 4 rings (SSSR count). The number of nitrogens with zero attached hydrogens (tertiary/aromatic N) is 3. The summed E-state index contributed by atoms with van der Waals surface area (Å²) in [5.41, 5.74) is 1.38. The minimum atomic E-state index is -0.102. The Kier molecular flexibility index (Phi) is 3.04. The number of nitrogens with one attached hydrogen (secondary N) is 1. The largest absolute Gasteiger partial charge is 0.337 e. The second-order valence-electron chi connectivity index (χ2n) is 6.09. The third kappa shape index (κ3) is 2.12. The zero-order chi connectivity index (χ0) is 15.2. The zero-order valence-corrected chi connectivity index (χ0v) is 12.8. The smallest absolute Gasteiger partial charge is 0.271 e. The molecule has 2 aromatic heterocycles. The van der Waals surface area contributed by atoms with Crippen LogP contribution in [0.4, 0.5) is 5.69 Å². The van der Waals surface area contributed by atoms with Crippen LogP contribution in [0.2, 0.25) is 0 Å². The Morgan fingerprint density at radius 1 is 1.36 bits per heavy atom. The number of thiophene rings is 1. The molecule has 2 aliphatic rings. The van der Waals surface area contributed by atoms with Crippen molar-refractivity contribution in [2.24, 2.45) is 5.41 Å². The highest BCUT2D eigenvalue weighted by molar-refractivity contribution is 7.08. The standard InChI is InChI=1S/C15H16N4O2S/c20-13-7-15(10-19(13)11-2-6-22-8-11)3-5-18(9-15)14(21)12-1-4-16-17-12/h1-2,4,6,8H,3,5,7,9-10H2,(H,16,17). The van der Waals surface area contributed by atoms with Crippen LogP contribution in [0.1, 0.15) is 23.3 Å². The van der Waals surface area contributed by atoms with Crippen LogP contribution in [0.5, 0.6) is 0 Å². The van der Waals surface area contributed by atoms with E-state index in [-0.39, 0.29) is 17.2 Å². The van der Waals surface area contributed by atoms with E-state index in [0.717, 1.165) is 12.1 Å². The highest BCUT2D eigenvalue weighted by Crippen LogP contribution is 2.42. The van der Waals surface area contributed by atoms with Gasteiger partial charge in [0.15, 0.2) is 0 Å². The Labute approximate surface area is 131 Å². The number of amides is 2. The fourth-order valence-corrected chi connectivity index (χ4v) is 4.11. The molecule has 2 aliphatic heterocycles. The second kappa shape index (κ2) is 4.95. The first-order chi connectivity index (χ1) is 10.7. The van der Waals surface area contributed by atoms with Gasteiger partial charge in [0.25, 0.3) is 5.91 Å². The lowest BCUT2D eigenvalue weighted by Gasteiger charge is -2.23. The number of carbonyl (C=O) groups excluding carboxylic acids is 2. The van der Waals surface area contributed by atoms with E-state index in [2.05, 4.69) is 10.2 Å². The summed E-state index contributed by atoms with van der Waals surface area (Å²) in [7, 11) is 0. The van der Waals surface area contributed by atoms with E-state index in [0.29, 0.717) is 31.7 Å². The van der Waals surface area contributed by atoms with Gasteiger partial charge in [-0.25, -0.2) is 0 Å². The van der Waals surface area contributed by atoms with Gasteiger partial charge < -0.3 is 9.80 Å². The molecule has 0 aromatic carbocycles. The highest BCUT2D eigenvalue weighted by Gasteiger charge is 2.49. The molecule has 0 radical (unpaired) electrons. The quantitative estimate of drug-likeness (QED) is 0.917. The van der Waals surface area contributed by atoms with Crippen molar-refractivity contribution in [1.29, 1.82) is 0 Å². The van der Waals surface area contributed by atoms with Gasteiger partial charge in [-0.1, -0.05) is 0 Å². The van der Waals surface area contributed by atoms with Crippen LogP contribution >= 0.6 is 11.3 Å². The molecule has 4 heterocycles. The minimum Gasteiger partial charge on any atom is -0.337 e. The summed E-state index contributed by atoms with van der Waals surface area (Å²) in [6.07, 6.45) is 2.98. The number of hydrogen-bond donors (Lipinski definition) is 1. The van der Waals surface area contributed by atoms with Crippen LogP contribution in [0.25, 0.3) is 0 Å². The summed E-state index contributed by atoms with van der Waals surface area (Å²) < 4.78 is 0. The van der Waals surface area contributed by atoms with Gasteiger partial charge in [0, 0.05) is 43.0 Å². The van der Waals surface area contributed by atoms with Gasteiger partial charge >= 0.3 is 0 Å². The Bertz CT molecular complexity index is 697. The van der Waals surface area contributed by atoms with Gasteiger partial charge in [0.1, 0.15) is 5.69 Å². The summed E-state index contributed by atoms with van der Waals surface area (Å²) in [6, 6.07) is 3.66. The maximum absolute atomic E-state index is 12.4. The number of aromatic nitrogens is 2. The fraction of sp³-hybridized carbons (Fsp3) is 0.400. The van der Waals surface area contributed by atoms with Crippen molar-refractivity contribution in [3.8, 4) is 0 Å². The molecule has 7 heteroatoms. The van der Waals surface area contributed by atoms with Crippen LogP contribution in [0.3, 0.4) is 0 Å². The molecular weight excluding hydrogens is 300 g/mol. The molecule has 2 saturated heterocycles. The lowest BCUT2D eigenvalue weighted by molar-refractivity contribution is -0.117. The average molecular weight is 316 g/mol. The van der Waals surface area contributed by atoms with Crippen LogP contribution in [-0.4, -0.2) is 46.5 Å². The Morgan fingerprint density at radius 3 is 3.00 bits per heavy atom. The lowest BCUT2D eigenvalue weighted by Crippen LogP contribution is -2.34. The Balaban J connectivity index is 1.50. The highest BCUT2D eigenvalue weighted by atomic mass is 32.1. The van der Waals surface area contributed by atoms with Gasteiger partial charge in [0.05, 0.1) is 5.69 Å². The van der Waals surface area contributed by atoms with E-state index in [9.17, 15) is 9.59 Å². The summed E-state index contributed by atoms with van der Waals surface area (Å²) in [4.78, 5) is 28.4. The summed E-state index contributed by atoms with van der Waals surface area (Å²) >= 11 is 1.59. The molecule has 1 N–H and O–H groups in total. The molecule has 2 amide bonds. The number of rotatable bonds is 2. The molecule has 22 heavy (non-hydrogen) atoms. The summed E-state index contributed by atoms with van der Waals surface area (Å²) in [5, 5.41) is 10.5. The molecule has 1 unspecified atom stereocenters. The van der Waals surface area contributed by atoms with Crippen molar-refractivity contribution in [2.45, 2.75) is 12.8 Å². The normalized spacial score (nSPS) is 24.6. The molecule has 2 aromatic rings. The van der Waals surface area contributed by atoms with E-state index in [1.165, 1.54) is 0 Å². The van der Waals surface area contributed by atoms with Crippen molar-refractivity contribution in [3.05, 3.63) is 34.8 Å². The first-order valence-electron chi connectivity index (χ1n) is 7.28. The monoisotopic (exact) mass is 316 g/mol. The van der Waals surface area contributed by atoms with Gasteiger partial charge in [-0.15, -0.1) is 0 Å². The van der Waals surface area contributed by atoms with Crippen LogP contribution in [0, 0.1) is 5.41 Å². The maximum atomic E-state index is 12.4. The third-order valence-corrected chi connectivity index (χ3v) is 5.27. The second-order valence-corrected chi connectivity index (χ2v) is 6.87. The fourth-order valence-electron chi connectivity index (χ4n) is 3.47. The topological polar surface area (TPSA) is 69.3 Å². The predicted molar refractivity (Wildman–Crippen MR) is 82.8 cm³/mol. The maximum Gasteiger partial charge on any atom is 0.271 e. The number of carbonyl (C=O) groups is 2. The molecule has 114 valence electrons. The first kappa shape index (κ1) is 13.5. The molecule has 0 saturated carbocycles. The van der Waals surface area contributed by atoms with Crippen LogP contribution < -0.4 is 4.90 Å². The summed E-state index contributed by atoms with van der Waals surface area (Å²) in [6.45, 7) is 2.04. The predicted octanol–water partition coefficient (Wildman–Crippen LogP) is 1.74. The number of aromatic amines is 1. The van der Waals surface area contributed by atoms with Gasteiger partial charge in [-0.3, -0.25) is 14.7 Å². The first-order valence-corrected chi connectivity index (χ1v) is 8.22. The number of hydrogen-bond acceptors (Lipinski definition) is 4. The van der Waals surface area contributed by atoms with E-state index in [1.54, 1.807) is 23.6 Å².